The average Bonchev–Trinajstić information content (AvgIpc) is 2.37. The van der Waals surface area contributed by atoms with E-state index in [2.05, 4.69) is 0 Å². The normalized spacial score (nSPS) is 12.3. The summed E-state index contributed by atoms with van der Waals surface area (Å²) in [6.07, 6.45) is 0. The molecule has 0 aliphatic heterocycles. The minimum Gasteiger partial charge on any atom is -0.497 e. The first-order valence-corrected chi connectivity index (χ1v) is 5.57. The van der Waals surface area contributed by atoms with Crippen molar-refractivity contribution in [2.45, 2.75) is 6.04 Å². The topological polar surface area (TPSA) is 35.2 Å². The van der Waals surface area contributed by atoms with Crippen LogP contribution in [-0.2, 0) is 0 Å². The van der Waals surface area contributed by atoms with E-state index >= 15 is 0 Å². The molecule has 0 aromatic heterocycles. The quantitative estimate of drug-likeness (QED) is 0.927. The highest BCUT2D eigenvalue weighted by Gasteiger charge is 2.20. The number of hydrogen-bond acceptors (Lipinski definition) is 2. The van der Waals surface area contributed by atoms with Gasteiger partial charge in [0.1, 0.15) is 23.2 Å². The third-order valence-corrected chi connectivity index (χ3v) is 2.81. The summed E-state index contributed by atoms with van der Waals surface area (Å²) >= 11 is 0. The third kappa shape index (κ3) is 2.71. The van der Waals surface area contributed by atoms with Gasteiger partial charge in [0, 0.05) is 17.7 Å². The Morgan fingerprint density at radius 2 is 1.68 bits per heavy atom. The van der Waals surface area contributed by atoms with Crippen LogP contribution in [0.5, 0.6) is 5.75 Å². The molecule has 2 aromatic carbocycles. The lowest BCUT2D eigenvalue weighted by atomic mass is 9.98. The molecule has 1 atom stereocenters. The van der Waals surface area contributed by atoms with Gasteiger partial charge in [0.2, 0.25) is 0 Å². The molecule has 0 saturated heterocycles. The summed E-state index contributed by atoms with van der Waals surface area (Å²) in [5, 5.41) is 0. The predicted octanol–water partition coefficient (Wildman–Crippen LogP) is 3.16. The van der Waals surface area contributed by atoms with Gasteiger partial charge in [-0.25, -0.2) is 13.2 Å². The van der Waals surface area contributed by atoms with Crippen molar-refractivity contribution in [2.24, 2.45) is 5.73 Å². The number of ether oxygens (including phenoxy) is 1. The molecule has 0 bridgehead atoms. The fourth-order valence-electron chi connectivity index (χ4n) is 1.84. The van der Waals surface area contributed by atoms with Gasteiger partial charge in [0.15, 0.2) is 0 Å². The summed E-state index contributed by atoms with van der Waals surface area (Å²) in [5.41, 5.74) is 5.77. The van der Waals surface area contributed by atoms with E-state index in [0.717, 1.165) is 18.2 Å². The van der Waals surface area contributed by atoms with Gasteiger partial charge in [-0.1, -0.05) is 12.1 Å². The highest BCUT2D eigenvalue weighted by molar-refractivity contribution is 5.37. The lowest BCUT2D eigenvalue weighted by Crippen LogP contribution is -2.16. The zero-order valence-corrected chi connectivity index (χ0v) is 10.2. The van der Waals surface area contributed by atoms with E-state index < -0.39 is 23.5 Å². The molecule has 0 radical (unpaired) electrons. The Labute approximate surface area is 108 Å². The summed E-state index contributed by atoms with van der Waals surface area (Å²) in [4.78, 5) is 0. The van der Waals surface area contributed by atoms with Crippen LogP contribution >= 0.6 is 0 Å². The van der Waals surface area contributed by atoms with Gasteiger partial charge in [0.05, 0.1) is 13.2 Å². The minimum atomic E-state index is -1.08. The summed E-state index contributed by atoms with van der Waals surface area (Å²) < 4.78 is 45.5. The van der Waals surface area contributed by atoms with Crippen molar-refractivity contribution in [3.63, 3.8) is 0 Å². The molecule has 0 aliphatic carbocycles. The van der Waals surface area contributed by atoms with E-state index in [-0.39, 0.29) is 11.3 Å². The molecular formula is C14H12F3NO. The van der Waals surface area contributed by atoms with Crippen LogP contribution in [0.25, 0.3) is 0 Å². The van der Waals surface area contributed by atoms with Crippen LogP contribution < -0.4 is 10.5 Å². The largest absolute Gasteiger partial charge is 0.497 e. The summed E-state index contributed by atoms with van der Waals surface area (Å²) in [5.74, 6) is -2.10. The highest BCUT2D eigenvalue weighted by Crippen LogP contribution is 2.28. The first kappa shape index (κ1) is 13.4. The molecule has 0 aliphatic rings. The Bertz CT molecular complexity index is 578. The Balaban J connectivity index is 2.47. The van der Waals surface area contributed by atoms with Crippen LogP contribution in [0, 0.1) is 17.5 Å². The fourth-order valence-corrected chi connectivity index (χ4v) is 1.84. The van der Waals surface area contributed by atoms with Crippen molar-refractivity contribution < 1.29 is 17.9 Å². The molecule has 0 heterocycles. The molecule has 0 saturated carbocycles. The number of benzene rings is 2. The van der Waals surface area contributed by atoms with Gasteiger partial charge in [-0.3, -0.25) is 0 Å². The Morgan fingerprint density at radius 1 is 1.05 bits per heavy atom. The average molecular weight is 267 g/mol. The van der Waals surface area contributed by atoms with E-state index in [1.54, 1.807) is 0 Å². The molecule has 2 N–H and O–H groups in total. The van der Waals surface area contributed by atoms with Crippen molar-refractivity contribution in [3.05, 3.63) is 65.0 Å². The van der Waals surface area contributed by atoms with Crippen LogP contribution in [-0.4, -0.2) is 7.11 Å². The highest BCUT2D eigenvalue weighted by atomic mass is 19.1. The summed E-state index contributed by atoms with van der Waals surface area (Å²) in [6, 6.07) is 6.32. The molecule has 0 fully saturated rings. The second kappa shape index (κ2) is 5.32. The van der Waals surface area contributed by atoms with Crippen molar-refractivity contribution in [2.75, 3.05) is 7.11 Å². The first-order valence-electron chi connectivity index (χ1n) is 5.57. The monoisotopic (exact) mass is 267 g/mol. The van der Waals surface area contributed by atoms with Gasteiger partial charge in [-0.05, 0) is 17.7 Å². The Morgan fingerprint density at radius 3 is 2.21 bits per heavy atom. The van der Waals surface area contributed by atoms with Crippen LogP contribution in [0.15, 0.2) is 36.4 Å². The molecule has 5 heteroatoms. The Kier molecular flexibility index (Phi) is 3.76. The summed E-state index contributed by atoms with van der Waals surface area (Å²) in [7, 11) is 1.31. The second-order valence-corrected chi connectivity index (χ2v) is 4.04. The Hall–Kier alpha value is -2.01. The lowest BCUT2D eigenvalue weighted by molar-refractivity contribution is 0.404. The van der Waals surface area contributed by atoms with Gasteiger partial charge in [0.25, 0.3) is 0 Å². The second-order valence-electron chi connectivity index (χ2n) is 4.04. The van der Waals surface area contributed by atoms with Crippen LogP contribution in [0.4, 0.5) is 13.2 Å². The van der Waals surface area contributed by atoms with E-state index in [1.165, 1.54) is 25.3 Å². The van der Waals surface area contributed by atoms with Crippen LogP contribution in [0.3, 0.4) is 0 Å². The maximum Gasteiger partial charge on any atom is 0.134 e. The predicted molar refractivity (Wildman–Crippen MR) is 65.3 cm³/mol. The number of nitrogens with two attached hydrogens (primary N) is 1. The molecule has 2 aromatic rings. The number of methoxy groups -OCH3 is 1. The van der Waals surface area contributed by atoms with Crippen molar-refractivity contribution in [1.29, 1.82) is 0 Å². The minimum absolute atomic E-state index is 0.0604. The zero-order chi connectivity index (χ0) is 14.0. The molecule has 19 heavy (non-hydrogen) atoms. The van der Waals surface area contributed by atoms with Gasteiger partial charge in [-0.2, -0.15) is 0 Å². The smallest absolute Gasteiger partial charge is 0.134 e. The SMILES string of the molecule is COc1cc(F)c(C(N)c2cccc(F)c2)c(F)c1. The number of halogens is 3. The van der Waals surface area contributed by atoms with Crippen molar-refractivity contribution in [3.8, 4) is 5.75 Å². The van der Waals surface area contributed by atoms with E-state index in [1.807, 2.05) is 0 Å². The van der Waals surface area contributed by atoms with Crippen LogP contribution in [0.2, 0.25) is 0 Å². The number of hydrogen-bond donors (Lipinski definition) is 1. The van der Waals surface area contributed by atoms with Crippen molar-refractivity contribution >= 4 is 0 Å². The maximum atomic E-state index is 13.8. The molecule has 2 rings (SSSR count). The molecule has 0 amide bonds. The molecule has 0 spiro atoms. The van der Waals surface area contributed by atoms with Gasteiger partial charge in [-0.15, -0.1) is 0 Å². The summed E-state index contributed by atoms with van der Waals surface area (Å²) in [6.45, 7) is 0. The fraction of sp³-hybridized carbons (Fsp3) is 0.143. The van der Waals surface area contributed by atoms with Gasteiger partial charge < -0.3 is 10.5 Å². The molecule has 2 nitrogen and oxygen atoms in total. The lowest BCUT2D eigenvalue weighted by Gasteiger charge is -2.15. The molecule has 1 unspecified atom stereocenters. The first-order chi connectivity index (χ1) is 9.02. The zero-order valence-electron chi connectivity index (χ0n) is 10.2. The number of rotatable bonds is 3. The third-order valence-electron chi connectivity index (χ3n) is 2.81. The van der Waals surface area contributed by atoms with Crippen LogP contribution in [0.1, 0.15) is 17.2 Å². The molecule has 100 valence electrons. The molecular weight excluding hydrogens is 255 g/mol. The van der Waals surface area contributed by atoms with E-state index in [4.69, 9.17) is 10.5 Å². The van der Waals surface area contributed by atoms with Crippen molar-refractivity contribution in [1.82, 2.24) is 0 Å². The van der Waals surface area contributed by atoms with E-state index in [9.17, 15) is 13.2 Å². The maximum absolute atomic E-state index is 13.8. The van der Waals surface area contributed by atoms with Gasteiger partial charge >= 0.3 is 0 Å². The van der Waals surface area contributed by atoms with E-state index in [0.29, 0.717) is 5.56 Å². The standard InChI is InChI=1S/C14H12F3NO/c1-19-10-6-11(16)13(12(17)7-10)14(18)8-3-2-4-9(15)5-8/h2-7,14H,18H2,1H3.